The molecular weight excluding hydrogens is 284 g/mol. The molecule has 0 amide bonds. The highest BCUT2D eigenvalue weighted by Crippen LogP contribution is 2.36. The summed E-state index contributed by atoms with van der Waals surface area (Å²) in [7, 11) is 1.67. The number of hydrogen-bond donors (Lipinski definition) is 0. The second-order valence-corrected chi connectivity index (χ2v) is 6.26. The van der Waals surface area contributed by atoms with Crippen molar-refractivity contribution in [2.75, 3.05) is 7.11 Å². The van der Waals surface area contributed by atoms with Crippen LogP contribution in [0.15, 0.2) is 42.5 Å². The van der Waals surface area contributed by atoms with Gasteiger partial charge in [-0.2, -0.15) is 0 Å². The average Bonchev–Trinajstić information content (AvgIpc) is 2.47. The van der Waals surface area contributed by atoms with Crippen molar-refractivity contribution in [3.8, 4) is 17.2 Å². The molecule has 0 fully saturated rings. The van der Waals surface area contributed by atoms with E-state index in [1.807, 2.05) is 42.5 Å². The highest BCUT2D eigenvalue weighted by atomic mass is 35.5. The Bertz CT molecular complexity index is 598. The Hall–Kier alpha value is -1.67. The molecule has 0 bridgehead atoms. The maximum atomic E-state index is 6.04. The van der Waals surface area contributed by atoms with Gasteiger partial charge in [-0.25, -0.2) is 0 Å². The summed E-state index contributed by atoms with van der Waals surface area (Å²) >= 11 is 5.80. The fourth-order valence-corrected chi connectivity index (χ4v) is 2.26. The standard InChI is InChI=1S/C18H21ClO2/c1-18(2,3)16-11-15(20-4)9-10-17(16)21-14-7-5-13(12-19)6-8-14/h5-11H,12H2,1-4H3. The smallest absolute Gasteiger partial charge is 0.131 e. The maximum absolute atomic E-state index is 6.04. The number of alkyl halides is 1. The minimum absolute atomic E-state index is 0.0278. The number of hydrogen-bond acceptors (Lipinski definition) is 2. The van der Waals surface area contributed by atoms with Crippen molar-refractivity contribution in [1.29, 1.82) is 0 Å². The lowest BCUT2D eigenvalue weighted by Gasteiger charge is -2.23. The molecule has 0 aliphatic heterocycles. The van der Waals surface area contributed by atoms with Crippen LogP contribution in [0.4, 0.5) is 0 Å². The monoisotopic (exact) mass is 304 g/mol. The van der Waals surface area contributed by atoms with Crippen LogP contribution in [0.2, 0.25) is 0 Å². The first-order valence-electron chi connectivity index (χ1n) is 6.95. The van der Waals surface area contributed by atoms with Crippen molar-refractivity contribution in [2.24, 2.45) is 0 Å². The summed E-state index contributed by atoms with van der Waals surface area (Å²) in [5.74, 6) is 3.00. The van der Waals surface area contributed by atoms with Crippen molar-refractivity contribution in [3.63, 3.8) is 0 Å². The van der Waals surface area contributed by atoms with Gasteiger partial charge in [-0.15, -0.1) is 11.6 Å². The molecule has 21 heavy (non-hydrogen) atoms. The third kappa shape index (κ3) is 3.92. The lowest BCUT2D eigenvalue weighted by Crippen LogP contribution is -2.12. The lowest BCUT2D eigenvalue weighted by atomic mass is 9.86. The van der Waals surface area contributed by atoms with Crippen LogP contribution in [0.25, 0.3) is 0 Å². The lowest BCUT2D eigenvalue weighted by molar-refractivity contribution is 0.407. The predicted molar refractivity (Wildman–Crippen MR) is 87.8 cm³/mol. The van der Waals surface area contributed by atoms with E-state index in [2.05, 4.69) is 20.8 Å². The normalized spacial score (nSPS) is 11.3. The summed E-state index contributed by atoms with van der Waals surface area (Å²) in [6.45, 7) is 6.47. The number of halogens is 1. The van der Waals surface area contributed by atoms with Gasteiger partial charge < -0.3 is 9.47 Å². The van der Waals surface area contributed by atoms with Gasteiger partial charge in [0.05, 0.1) is 7.11 Å². The molecule has 0 spiro atoms. The molecule has 0 heterocycles. The molecule has 0 unspecified atom stereocenters. The molecule has 2 nitrogen and oxygen atoms in total. The molecule has 2 rings (SSSR count). The number of benzene rings is 2. The fraction of sp³-hybridized carbons (Fsp3) is 0.333. The number of ether oxygens (including phenoxy) is 2. The van der Waals surface area contributed by atoms with Gasteiger partial charge in [0.15, 0.2) is 0 Å². The predicted octanol–water partition coefficient (Wildman–Crippen LogP) is 5.52. The van der Waals surface area contributed by atoms with Crippen LogP contribution in [0.3, 0.4) is 0 Å². The largest absolute Gasteiger partial charge is 0.497 e. The highest BCUT2D eigenvalue weighted by molar-refractivity contribution is 6.17. The third-order valence-corrected chi connectivity index (χ3v) is 3.61. The van der Waals surface area contributed by atoms with E-state index < -0.39 is 0 Å². The van der Waals surface area contributed by atoms with Gasteiger partial charge >= 0.3 is 0 Å². The van der Waals surface area contributed by atoms with Crippen LogP contribution >= 0.6 is 11.6 Å². The van der Waals surface area contributed by atoms with Crippen LogP contribution in [0, 0.1) is 0 Å². The van der Waals surface area contributed by atoms with Crippen molar-refractivity contribution in [3.05, 3.63) is 53.6 Å². The molecule has 112 valence electrons. The summed E-state index contributed by atoms with van der Waals surface area (Å²) in [6.07, 6.45) is 0. The molecule has 0 atom stereocenters. The molecule has 2 aromatic carbocycles. The summed E-state index contributed by atoms with van der Waals surface area (Å²) in [5, 5.41) is 0. The van der Waals surface area contributed by atoms with Gasteiger partial charge in [0, 0.05) is 11.4 Å². The Labute approximate surface area is 131 Å². The van der Waals surface area contributed by atoms with Gasteiger partial charge in [-0.3, -0.25) is 0 Å². The van der Waals surface area contributed by atoms with Crippen molar-refractivity contribution < 1.29 is 9.47 Å². The zero-order chi connectivity index (χ0) is 15.5. The minimum atomic E-state index is -0.0278. The molecule has 0 saturated heterocycles. The first-order chi connectivity index (χ1) is 9.94. The summed E-state index contributed by atoms with van der Waals surface area (Å²) in [6, 6.07) is 13.7. The van der Waals surface area contributed by atoms with Crippen LogP contribution in [0.5, 0.6) is 17.2 Å². The van der Waals surface area contributed by atoms with E-state index in [1.54, 1.807) is 7.11 Å². The van der Waals surface area contributed by atoms with E-state index in [0.717, 1.165) is 28.4 Å². The van der Waals surface area contributed by atoms with E-state index in [4.69, 9.17) is 21.1 Å². The SMILES string of the molecule is COc1ccc(Oc2ccc(CCl)cc2)c(C(C)(C)C)c1. The minimum Gasteiger partial charge on any atom is -0.497 e. The van der Waals surface area contributed by atoms with Crippen LogP contribution in [-0.2, 0) is 11.3 Å². The van der Waals surface area contributed by atoms with Crippen LogP contribution in [-0.4, -0.2) is 7.11 Å². The van der Waals surface area contributed by atoms with Crippen molar-refractivity contribution >= 4 is 11.6 Å². The Morgan fingerprint density at radius 3 is 2.10 bits per heavy atom. The molecule has 2 aromatic rings. The number of rotatable bonds is 4. The molecule has 0 aliphatic rings. The molecule has 3 heteroatoms. The van der Waals surface area contributed by atoms with Gasteiger partial charge in [-0.1, -0.05) is 32.9 Å². The topological polar surface area (TPSA) is 18.5 Å². The van der Waals surface area contributed by atoms with Crippen molar-refractivity contribution in [1.82, 2.24) is 0 Å². The first-order valence-corrected chi connectivity index (χ1v) is 7.49. The van der Waals surface area contributed by atoms with Gasteiger partial charge in [0.25, 0.3) is 0 Å². The number of methoxy groups -OCH3 is 1. The Kier molecular flexibility index (Phi) is 4.79. The molecule has 0 radical (unpaired) electrons. The van der Waals surface area contributed by atoms with Gasteiger partial charge in [-0.05, 0) is 41.3 Å². The summed E-state index contributed by atoms with van der Waals surface area (Å²) < 4.78 is 11.4. The van der Waals surface area contributed by atoms with Crippen LogP contribution in [0.1, 0.15) is 31.9 Å². The maximum Gasteiger partial charge on any atom is 0.131 e. The van der Waals surface area contributed by atoms with E-state index in [-0.39, 0.29) is 5.41 Å². The molecule has 0 saturated carbocycles. The van der Waals surface area contributed by atoms with E-state index >= 15 is 0 Å². The van der Waals surface area contributed by atoms with Crippen molar-refractivity contribution in [2.45, 2.75) is 32.1 Å². The van der Waals surface area contributed by atoms with E-state index in [0.29, 0.717) is 5.88 Å². The zero-order valence-corrected chi connectivity index (χ0v) is 13.7. The zero-order valence-electron chi connectivity index (χ0n) is 12.9. The molecule has 0 aromatic heterocycles. The van der Waals surface area contributed by atoms with Gasteiger partial charge in [0.2, 0.25) is 0 Å². The Morgan fingerprint density at radius 1 is 0.952 bits per heavy atom. The highest BCUT2D eigenvalue weighted by Gasteiger charge is 2.20. The second-order valence-electron chi connectivity index (χ2n) is 5.99. The third-order valence-electron chi connectivity index (χ3n) is 3.30. The molecule has 0 aliphatic carbocycles. The van der Waals surface area contributed by atoms with E-state index in [1.165, 1.54) is 0 Å². The molecule has 0 N–H and O–H groups in total. The summed E-state index contributed by atoms with van der Waals surface area (Å²) in [5.41, 5.74) is 2.16. The van der Waals surface area contributed by atoms with Crippen LogP contribution < -0.4 is 9.47 Å². The first kappa shape index (κ1) is 15.7. The van der Waals surface area contributed by atoms with E-state index in [9.17, 15) is 0 Å². The fourth-order valence-electron chi connectivity index (χ4n) is 2.08. The Morgan fingerprint density at radius 2 is 1.57 bits per heavy atom. The van der Waals surface area contributed by atoms with Gasteiger partial charge in [0.1, 0.15) is 17.2 Å². The molecular formula is C18H21ClO2. The average molecular weight is 305 g/mol. The Balaban J connectivity index is 2.34. The second kappa shape index (κ2) is 6.40. The summed E-state index contributed by atoms with van der Waals surface area (Å²) in [4.78, 5) is 0. The quantitative estimate of drug-likeness (QED) is 0.692.